The lowest BCUT2D eigenvalue weighted by Gasteiger charge is -2.11. The van der Waals surface area contributed by atoms with E-state index in [2.05, 4.69) is 24.7 Å². The molecule has 2 aromatic rings. The highest BCUT2D eigenvalue weighted by molar-refractivity contribution is 7.12. The van der Waals surface area contributed by atoms with Crippen molar-refractivity contribution in [3.8, 4) is 5.75 Å². The van der Waals surface area contributed by atoms with Crippen LogP contribution in [0.25, 0.3) is 6.08 Å². The summed E-state index contributed by atoms with van der Waals surface area (Å²) >= 11 is 1.62. The number of hydrogen-bond acceptors (Lipinski definition) is 7. The van der Waals surface area contributed by atoms with Gasteiger partial charge in [0.1, 0.15) is 17.1 Å². The number of thiophene rings is 1. The van der Waals surface area contributed by atoms with Crippen molar-refractivity contribution in [3.05, 3.63) is 67.4 Å². The Kier molecular flexibility index (Phi) is 10.5. The molecular formula is C27H34O6S. The van der Waals surface area contributed by atoms with Crippen LogP contribution in [0.4, 0.5) is 0 Å². The fraction of sp³-hybridized carbons (Fsp3) is 0.444. The Labute approximate surface area is 205 Å². The van der Waals surface area contributed by atoms with Crippen molar-refractivity contribution in [1.29, 1.82) is 0 Å². The van der Waals surface area contributed by atoms with Gasteiger partial charge in [-0.25, -0.2) is 4.79 Å². The molecule has 1 atom stereocenters. The van der Waals surface area contributed by atoms with Crippen molar-refractivity contribution >= 4 is 29.2 Å². The number of ketones is 1. The van der Waals surface area contributed by atoms with Crippen LogP contribution in [0.5, 0.6) is 5.75 Å². The van der Waals surface area contributed by atoms with Gasteiger partial charge in [-0.05, 0) is 62.3 Å². The Morgan fingerprint density at radius 2 is 1.91 bits per heavy atom. The van der Waals surface area contributed by atoms with Gasteiger partial charge in [-0.3, -0.25) is 9.59 Å². The number of allylic oxidation sites excluding steroid dienone is 2. The zero-order chi connectivity index (χ0) is 25.3. The second-order valence-corrected chi connectivity index (χ2v) is 10.0. The summed E-state index contributed by atoms with van der Waals surface area (Å²) in [5, 5.41) is 10.5. The average Bonchev–Trinajstić information content (AvgIpc) is 3.23. The number of Topliss-reactive ketones (excluding diaryl/α,β-unsaturated/α-hetero) is 1. The molecule has 34 heavy (non-hydrogen) atoms. The zero-order valence-corrected chi connectivity index (χ0v) is 21.4. The normalized spacial score (nSPS) is 12.9. The lowest BCUT2D eigenvalue weighted by atomic mass is 9.99. The molecule has 1 N–H and O–H groups in total. The Bertz CT molecular complexity index is 1100. The first-order valence-electron chi connectivity index (χ1n) is 11.5. The van der Waals surface area contributed by atoms with E-state index in [1.165, 1.54) is 18.1 Å². The third-order valence-corrected chi connectivity index (χ3v) is 6.57. The van der Waals surface area contributed by atoms with Crippen LogP contribution in [0.15, 0.2) is 45.1 Å². The summed E-state index contributed by atoms with van der Waals surface area (Å²) in [6.07, 6.45) is 8.92. The summed E-state index contributed by atoms with van der Waals surface area (Å²) in [5.41, 5.74) is -0.833. The van der Waals surface area contributed by atoms with Gasteiger partial charge in [-0.1, -0.05) is 32.9 Å². The molecule has 1 unspecified atom stereocenters. The number of methoxy groups -OCH3 is 1. The maximum atomic E-state index is 12.9. The molecule has 6 nitrogen and oxygen atoms in total. The first-order valence-corrected chi connectivity index (χ1v) is 12.3. The van der Waals surface area contributed by atoms with Gasteiger partial charge in [-0.2, -0.15) is 0 Å². The Morgan fingerprint density at radius 1 is 1.18 bits per heavy atom. The van der Waals surface area contributed by atoms with Crippen LogP contribution >= 0.6 is 11.3 Å². The molecule has 0 amide bonds. The Balaban J connectivity index is 2.08. The monoisotopic (exact) mass is 486 g/mol. The summed E-state index contributed by atoms with van der Waals surface area (Å²) < 4.78 is 9.96. The molecule has 0 saturated carbocycles. The summed E-state index contributed by atoms with van der Waals surface area (Å²) in [7, 11) is 1.34. The van der Waals surface area contributed by atoms with Crippen molar-refractivity contribution in [2.75, 3.05) is 7.11 Å². The first kappa shape index (κ1) is 27.3. The van der Waals surface area contributed by atoms with Crippen LogP contribution in [0.2, 0.25) is 0 Å². The van der Waals surface area contributed by atoms with E-state index in [9.17, 15) is 19.5 Å². The number of ether oxygens (including phenoxy) is 1. The van der Waals surface area contributed by atoms with E-state index in [1.807, 2.05) is 19.1 Å². The van der Waals surface area contributed by atoms with Gasteiger partial charge in [0.25, 0.3) is 0 Å². The van der Waals surface area contributed by atoms with E-state index < -0.39 is 11.4 Å². The van der Waals surface area contributed by atoms with Crippen molar-refractivity contribution in [3.63, 3.8) is 0 Å². The molecule has 7 heteroatoms. The Hall–Kier alpha value is -2.93. The van der Waals surface area contributed by atoms with Crippen molar-refractivity contribution in [1.82, 2.24) is 0 Å². The maximum Gasteiger partial charge on any atom is 0.351 e. The van der Waals surface area contributed by atoms with E-state index >= 15 is 0 Å². The Morgan fingerprint density at radius 3 is 2.56 bits per heavy atom. The molecule has 0 saturated heterocycles. The van der Waals surface area contributed by atoms with Gasteiger partial charge in [-0.15, -0.1) is 11.3 Å². The van der Waals surface area contributed by atoms with Gasteiger partial charge in [0.05, 0.1) is 13.5 Å². The van der Waals surface area contributed by atoms with Gasteiger partial charge >= 0.3 is 11.6 Å². The minimum absolute atomic E-state index is 0.155. The molecule has 184 valence electrons. The van der Waals surface area contributed by atoms with Crippen molar-refractivity contribution < 1.29 is 23.8 Å². The van der Waals surface area contributed by atoms with Crippen LogP contribution in [0.1, 0.15) is 85.2 Å². The molecule has 2 rings (SSSR count). The van der Waals surface area contributed by atoms with Crippen LogP contribution in [-0.2, 0) is 16.0 Å². The second-order valence-electron chi connectivity index (χ2n) is 8.82. The van der Waals surface area contributed by atoms with E-state index in [1.54, 1.807) is 30.4 Å². The zero-order valence-electron chi connectivity index (χ0n) is 20.6. The van der Waals surface area contributed by atoms with Crippen LogP contribution in [0.3, 0.4) is 0 Å². The standard InChI is InChI=1S/C27H34O6S/c1-17(2)11-12-20-13-14-21(34-20)15-19(4)26(30)25-22(28)16-23(33-27(25)31)18(3)9-7-6-8-10-24(29)32-5/h6,8,13-18,28H,7,9-12H2,1-5H3/b8-6+,19-15?. The fourth-order valence-electron chi connectivity index (χ4n) is 3.33. The van der Waals surface area contributed by atoms with Gasteiger partial charge < -0.3 is 14.3 Å². The quantitative estimate of drug-likeness (QED) is 0.164. The van der Waals surface area contributed by atoms with Crippen LogP contribution in [0, 0.1) is 5.92 Å². The van der Waals surface area contributed by atoms with Crippen LogP contribution < -0.4 is 5.63 Å². The number of hydrogen-bond donors (Lipinski definition) is 1. The second kappa shape index (κ2) is 13.1. The predicted molar refractivity (Wildman–Crippen MR) is 136 cm³/mol. The number of aromatic hydroxyl groups is 1. The first-order chi connectivity index (χ1) is 16.1. The van der Waals surface area contributed by atoms with Crippen LogP contribution in [-0.4, -0.2) is 24.0 Å². The van der Waals surface area contributed by atoms with E-state index in [0.717, 1.165) is 17.7 Å². The lowest BCUT2D eigenvalue weighted by Crippen LogP contribution is -2.16. The number of aryl methyl sites for hydroxylation is 1. The third-order valence-electron chi connectivity index (χ3n) is 5.48. The number of rotatable bonds is 12. The molecule has 2 aromatic heterocycles. The predicted octanol–water partition coefficient (Wildman–Crippen LogP) is 6.28. The van der Waals surface area contributed by atoms with Gasteiger partial charge in [0.15, 0.2) is 5.78 Å². The molecule has 0 aromatic carbocycles. The molecule has 0 aliphatic rings. The molecule has 0 bridgehead atoms. The van der Waals surface area contributed by atoms with Crippen molar-refractivity contribution in [2.45, 2.75) is 65.7 Å². The lowest BCUT2D eigenvalue weighted by molar-refractivity contribution is -0.139. The number of carbonyl (C=O) groups is 2. The number of carbonyl (C=O) groups excluding carboxylic acids is 2. The highest BCUT2D eigenvalue weighted by Crippen LogP contribution is 2.27. The molecule has 0 aliphatic heterocycles. The number of esters is 1. The molecule has 0 fully saturated rings. The molecule has 0 spiro atoms. The average molecular weight is 487 g/mol. The summed E-state index contributed by atoms with van der Waals surface area (Å²) in [6.45, 7) is 7.87. The summed E-state index contributed by atoms with van der Waals surface area (Å²) in [5.74, 6) is -0.447. The third kappa shape index (κ3) is 8.13. The van der Waals surface area contributed by atoms with Gasteiger partial charge in [0, 0.05) is 21.7 Å². The highest BCUT2D eigenvalue weighted by atomic mass is 32.1. The molecule has 0 radical (unpaired) electrons. The topological polar surface area (TPSA) is 93.8 Å². The molecular weight excluding hydrogens is 452 g/mol. The van der Waals surface area contributed by atoms with E-state index in [-0.39, 0.29) is 29.6 Å². The molecule has 0 aliphatic carbocycles. The summed E-state index contributed by atoms with van der Waals surface area (Å²) in [4.78, 5) is 38.7. The van der Waals surface area contributed by atoms with E-state index in [4.69, 9.17) is 4.42 Å². The largest absolute Gasteiger partial charge is 0.507 e. The fourth-order valence-corrected chi connectivity index (χ4v) is 4.36. The van der Waals surface area contributed by atoms with Gasteiger partial charge in [0.2, 0.25) is 0 Å². The summed E-state index contributed by atoms with van der Waals surface area (Å²) in [6, 6.07) is 5.37. The van der Waals surface area contributed by atoms with Crippen molar-refractivity contribution in [2.24, 2.45) is 5.92 Å². The SMILES string of the molecule is COC(=O)C/C=C/CCC(C)c1cc(O)c(C(=O)C(C)=Cc2ccc(CCC(C)C)s2)c(=O)o1. The minimum Gasteiger partial charge on any atom is -0.507 e. The highest BCUT2D eigenvalue weighted by Gasteiger charge is 2.22. The molecule has 2 heterocycles. The smallest absolute Gasteiger partial charge is 0.351 e. The van der Waals surface area contributed by atoms with E-state index in [0.29, 0.717) is 30.1 Å². The maximum absolute atomic E-state index is 12.9. The minimum atomic E-state index is -0.843.